The van der Waals surface area contributed by atoms with E-state index in [0.29, 0.717) is 19.6 Å². The van der Waals surface area contributed by atoms with E-state index in [9.17, 15) is 9.59 Å². The number of rotatable bonds is 6. The maximum Gasteiger partial charge on any atom is 0.328 e. The third-order valence-electron chi connectivity index (χ3n) is 3.52. The molecule has 1 heterocycles. The third-order valence-corrected chi connectivity index (χ3v) is 3.52. The van der Waals surface area contributed by atoms with Crippen LogP contribution in [0.2, 0.25) is 0 Å². The second-order valence-corrected chi connectivity index (χ2v) is 5.23. The zero-order chi connectivity index (χ0) is 15.2. The van der Waals surface area contributed by atoms with Gasteiger partial charge in [-0.15, -0.1) is 0 Å². The van der Waals surface area contributed by atoms with Gasteiger partial charge in [0.25, 0.3) is 0 Å². The molecule has 5 nitrogen and oxygen atoms in total. The number of hydrogen-bond donors (Lipinski definition) is 1. The van der Waals surface area contributed by atoms with Gasteiger partial charge in [-0.3, -0.25) is 4.79 Å². The summed E-state index contributed by atoms with van der Waals surface area (Å²) in [5.41, 5.74) is 1.96. The highest BCUT2D eigenvalue weighted by Gasteiger charge is 2.20. The Morgan fingerprint density at radius 1 is 1.38 bits per heavy atom. The van der Waals surface area contributed by atoms with Gasteiger partial charge in [0.2, 0.25) is 5.91 Å². The lowest BCUT2D eigenvalue weighted by molar-refractivity contribution is -0.143. The first-order valence-corrected chi connectivity index (χ1v) is 7.40. The lowest BCUT2D eigenvalue weighted by Gasteiger charge is -2.17. The Morgan fingerprint density at radius 2 is 2.10 bits per heavy atom. The molecule has 0 spiro atoms. The van der Waals surface area contributed by atoms with Crippen molar-refractivity contribution >= 4 is 17.6 Å². The van der Waals surface area contributed by atoms with Crippen LogP contribution in [0, 0.1) is 0 Å². The lowest BCUT2D eigenvalue weighted by atomic mass is 10.2. The van der Waals surface area contributed by atoms with Crippen LogP contribution in [0.1, 0.15) is 32.3 Å². The Balaban J connectivity index is 1.89. The van der Waals surface area contributed by atoms with Crippen LogP contribution in [0.5, 0.6) is 0 Å². The van der Waals surface area contributed by atoms with E-state index >= 15 is 0 Å². The van der Waals surface area contributed by atoms with Gasteiger partial charge in [0.1, 0.15) is 6.04 Å². The molecule has 1 N–H and O–H groups in total. The minimum Gasteiger partial charge on any atom is -0.464 e. The van der Waals surface area contributed by atoms with Crippen LogP contribution in [0.3, 0.4) is 0 Å². The number of amides is 1. The van der Waals surface area contributed by atoms with Gasteiger partial charge in [-0.05, 0) is 38.0 Å². The van der Waals surface area contributed by atoms with E-state index in [2.05, 4.69) is 5.32 Å². The first-order chi connectivity index (χ1) is 10.1. The number of nitrogens with zero attached hydrogens (tertiary/aromatic N) is 1. The van der Waals surface area contributed by atoms with E-state index in [1.54, 1.807) is 13.8 Å². The van der Waals surface area contributed by atoms with Gasteiger partial charge in [0.05, 0.1) is 6.61 Å². The first-order valence-electron chi connectivity index (χ1n) is 7.40. The second-order valence-electron chi connectivity index (χ2n) is 5.23. The Bertz CT molecular complexity index is 499. The molecular weight excluding hydrogens is 268 g/mol. The van der Waals surface area contributed by atoms with Crippen molar-refractivity contribution < 1.29 is 14.3 Å². The second kappa shape index (κ2) is 7.11. The molecule has 1 amide bonds. The summed E-state index contributed by atoms with van der Waals surface area (Å²) in [4.78, 5) is 25.0. The Hall–Kier alpha value is -2.04. The van der Waals surface area contributed by atoms with Crippen LogP contribution in [0.25, 0.3) is 0 Å². The standard InChI is InChI=1S/C16H22N2O3/c1-3-21-16(20)12(2)17-14-8-6-13(7-9-14)11-18-10-4-5-15(18)19/h6-9,12,17H,3-5,10-11H2,1-2H3. The number of anilines is 1. The van der Waals surface area contributed by atoms with Crippen LogP contribution < -0.4 is 5.32 Å². The minimum atomic E-state index is -0.379. The molecule has 0 aliphatic carbocycles. The Labute approximate surface area is 125 Å². The highest BCUT2D eigenvalue weighted by atomic mass is 16.5. The van der Waals surface area contributed by atoms with E-state index in [1.165, 1.54) is 0 Å². The van der Waals surface area contributed by atoms with Gasteiger partial charge in [-0.2, -0.15) is 0 Å². The molecule has 1 unspecified atom stereocenters. The van der Waals surface area contributed by atoms with Crippen LogP contribution in [-0.4, -0.2) is 36.0 Å². The lowest BCUT2D eigenvalue weighted by Crippen LogP contribution is -2.28. The molecule has 1 aliphatic heterocycles. The van der Waals surface area contributed by atoms with Crippen LogP contribution in [-0.2, 0) is 20.9 Å². The molecule has 5 heteroatoms. The fraction of sp³-hybridized carbons (Fsp3) is 0.500. The van der Waals surface area contributed by atoms with Crippen molar-refractivity contribution in [3.8, 4) is 0 Å². The van der Waals surface area contributed by atoms with Crippen molar-refractivity contribution in [2.45, 2.75) is 39.3 Å². The van der Waals surface area contributed by atoms with E-state index < -0.39 is 0 Å². The molecule has 0 radical (unpaired) electrons. The molecule has 21 heavy (non-hydrogen) atoms. The molecular formula is C16H22N2O3. The monoisotopic (exact) mass is 290 g/mol. The summed E-state index contributed by atoms with van der Waals surface area (Å²) in [7, 11) is 0. The van der Waals surface area contributed by atoms with Crippen molar-refractivity contribution in [2.24, 2.45) is 0 Å². The van der Waals surface area contributed by atoms with Gasteiger partial charge in [0.15, 0.2) is 0 Å². The van der Waals surface area contributed by atoms with E-state index in [0.717, 1.165) is 24.2 Å². The molecule has 1 fully saturated rings. The van der Waals surface area contributed by atoms with Gasteiger partial charge in [-0.25, -0.2) is 4.79 Å². The number of likely N-dealkylation sites (tertiary alicyclic amines) is 1. The van der Waals surface area contributed by atoms with Gasteiger partial charge < -0.3 is 15.0 Å². The van der Waals surface area contributed by atoms with Crippen LogP contribution in [0.4, 0.5) is 5.69 Å². The maximum atomic E-state index is 11.6. The fourth-order valence-electron chi connectivity index (χ4n) is 2.37. The van der Waals surface area contributed by atoms with Gasteiger partial charge in [-0.1, -0.05) is 12.1 Å². The topological polar surface area (TPSA) is 58.6 Å². The van der Waals surface area contributed by atoms with Crippen LogP contribution >= 0.6 is 0 Å². The smallest absolute Gasteiger partial charge is 0.328 e. The molecule has 1 aromatic carbocycles. The SMILES string of the molecule is CCOC(=O)C(C)Nc1ccc(CN2CCCC2=O)cc1. The van der Waals surface area contributed by atoms with Crippen molar-refractivity contribution in [3.05, 3.63) is 29.8 Å². The summed E-state index contributed by atoms with van der Waals surface area (Å²) >= 11 is 0. The predicted octanol–water partition coefficient (Wildman–Crippen LogP) is 2.17. The summed E-state index contributed by atoms with van der Waals surface area (Å²) in [6, 6.07) is 7.42. The highest BCUT2D eigenvalue weighted by Crippen LogP contribution is 2.16. The molecule has 1 saturated heterocycles. The Morgan fingerprint density at radius 3 is 2.67 bits per heavy atom. The minimum absolute atomic E-state index is 0.230. The summed E-state index contributed by atoms with van der Waals surface area (Å²) in [5, 5.41) is 3.10. The maximum absolute atomic E-state index is 11.6. The largest absolute Gasteiger partial charge is 0.464 e. The summed E-state index contributed by atoms with van der Waals surface area (Å²) in [5.74, 6) is -0.0302. The molecule has 0 bridgehead atoms. The van der Waals surface area contributed by atoms with E-state index in [-0.39, 0.29) is 17.9 Å². The van der Waals surface area contributed by atoms with Crippen molar-refractivity contribution in [2.75, 3.05) is 18.5 Å². The van der Waals surface area contributed by atoms with Crippen molar-refractivity contribution in [1.82, 2.24) is 4.90 Å². The molecule has 1 aliphatic rings. The molecule has 0 saturated carbocycles. The van der Waals surface area contributed by atoms with Crippen LogP contribution in [0.15, 0.2) is 24.3 Å². The summed E-state index contributed by atoms with van der Waals surface area (Å²) in [6.45, 7) is 5.45. The normalized spacial score (nSPS) is 15.9. The average Bonchev–Trinajstić information content (AvgIpc) is 2.86. The number of ether oxygens (including phenoxy) is 1. The molecule has 2 rings (SSSR count). The predicted molar refractivity (Wildman–Crippen MR) is 80.8 cm³/mol. The summed E-state index contributed by atoms with van der Waals surface area (Å²) < 4.78 is 4.95. The first kappa shape index (κ1) is 15.4. The molecule has 114 valence electrons. The number of benzene rings is 1. The third kappa shape index (κ3) is 4.21. The Kier molecular flexibility index (Phi) is 5.20. The quantitative estimate of drug-likeness (QED) is 0.816. The number of nitrogens with one attached hydrogen (secondary N) is 1. The van der Waals surface area contributed by atoms with Crippen molar-refractivity contribution in [3.63, 3.8) is 0 Å². The number of esters is 1. The molecule has 0 aromatic heterocycles. The molecule has 1 atom stereocenters. The highest BCUT2D eigenvalue weighted by molar-refractivity contribution is 5.79. The van der Waals surface area contributed by atoms with E-state index in [1.807, 2.05) is 29.2 Å². The molecule has 1 aromatic rings. The average molecular weight is 290 g/mol. The number of hydrogen-bond acceptors (Lipinski definition) is 4. The van der Waals surface area contributed by atoms with E-state index in [4.69, 9.17) is 4.74 Å². The zero-order valence-electron chi connectivity index (χ0n) is 12.6. The van der Waals surface area contributed by atoms with Crippen molar-refractivity contribution in [1.29, 1.82) is 0 Å². The van der Waals surface area contributed by atoms with Gasteiger partial charge in [0, 0.05) is 25.2 Å². The fourth-order valence-corrected chi connectivity index (χ4v) is 2.37. The number of carbonyl (C=O) groups is 2. The summed E-state index contributed by atoms with van der Waals surface area (Å²) in [6.07, 6.45) is 1.62. The number of carbonyl (C=O) groups excluding carboxylic acids is 2. The zero-order valence-corrected chi connectivity index (χ0v) is 12.6. The van der Waals surface area contributed by atoms with Gasteiger partial charge >= 0.3 is 5.97 Å².